The topological polar surface area (TPSA) is 131 Å². The molecule has 0 saturated heterocycles. The average molecular weight is 254 g/mol. The Morgan fingerprint density at radius 2 is 1.41 bits per heavy atom. The fourth-order valence-electron chi connectivity index (χ4n) is 1.15. The van der Waals surface area contributed by atoms with Gasteiger partial charge >= 0.3 is 0 Å². The van der Waals surface area contributed by atoms with Gasteiger partial charge < -0.3 is 35.4 Å². The summed E-state index contributed by atoms with van der Waals surface area (Å²) in [5, 5.41) is 53.9. The van der Waals surface area contributed by atoms with Gasteiger partial charge in [0.25, 0.3) is 0 Å². The summed E-state index contributed by atoms with van der Waals surface area (Å²) in [6.45, 7) is -2.33. The normalized spacial score (nSPS) is 15.9. The van der Waals surface area contributed by atoms with Crippen LogP contribution in [-0.2, 0) is 4.74 Å². The summed E-state index contributed by atoms with van der Waals surface area (Å²) in [5.74, 6) is 0. The Hall–Kier alpha value is -0.280. The maximum atomic E-state index is 9.17. The van der Waals surface area contributed by atoms with Crippen LogP contribution in [0.25, 0.3) is 0 Å². The van der Waals surface area contributed by atoms with Crippen molar-refractivity contribution in [2.75, 3.05) is 39.6 Å². The first-order valence-corrected chi connectivity index (χ1v) is 5.41. The van der Waals surface area contributed by atoms with Gasteiger partial charge in [-0.05, 0) is 0 Å². The van der Waals surface area contributed by atoms with Crippen LogP contribution in [0, 0.1) is 5.41 Å². The molecule has 104 valence electrons. The predicted octanol–water partition coefficient (Wildman–Crippen LogP) is -2.93. The zero-order valence-electron chi connectivity index (χ0n) is 9.70. The van der Waals surface area contributed by atoms with Gasteiger partial charge in [-0.25, -0.2) is 0 Å². The van der Waals surface area contributed by atoms with Crippen LogP contribution in [0.15, 0.2) is 0 Å². The first-order valence-electron chi connectivity index (χ1n) is 5.41. The molecule has 0 spiro atoms. The monoisotopic (exact) mass is 254 g/mol. The van der Waals surface area contributed by atoms with Crippen molar-refractivity contribution < 1.29 is 35.4 Å². The molecule has 7 nitrogen and oxygen atoms in total. The molecule has 6 N–H and O–H groups in total. The lowest BCUT2D eigenvalue weighted by atomic mass is 9.92. The van der Waals surface area contributed by atoms with E-state index in [1.807, 2.05) is 0 Å². The second-order valence-electron chi connectivity index (χ2n) is 4.16. The first kappa shape index (κ1) is 16.7. The lowest BCUT2D eigenvalue weighted by Crippen LogP contribution is -2.41. The minimum Gasteiger partial charge on any atom is -0.396 e. The number of hydrogen-bond donors (Lipinski definition) is 6. The summed E-state index contributed by atoms with van der Waals surface area (Å²) < 4.78 is 5.20. The molecule has 0 aliphatic heterocycles. The van der Waals surface area contributed by atoms with Crippen LogP contribution in [-0.4, -0.2) is 82.5 Å². The predicted molar refractivity (Wildman–Crippen MR) is 58.2 cm³/mol. The maximum Gasteiger partial charge on any atom is 0.0831 e. The summed E-state index contributed by atoms with van der Waals surface area (Å²) in [4.78, 5) is 0. The van der Waals surface area contributed by atoms with Crippen LogP contribution >= 0.6 is 0 Å². The van der Waals surface area contributed by atoms with Gasteiger partial charge in [0.1, 0.15) is 0 Å². The molecule has 0 saturated carbocycles. The fourth-order valence-corrected chi connectivity index (χ4v) is 1.15. The smallest absolute Gasteiger partial charge is 0.0831 e. The molecule has 0 aliphatic carbocycles. The van der Waals surface area contributed by atoms with Crippen molar-refractivity contribution in [3.8, 4) is 0 Å². The van der Waals surface area contributed by atoms with Crippen molar-refractivity contribution in [3.63, 3.8) is 0 Å². The lowest BCUT2D eigenvalue weighted by molar-refractivity contribution is -0.100. The lowest BCUT2D eigenvalue weighted by Gasteiger charge is -2.29. The molecule has 0 amide bonds. The Balaban J connectivity index is 4.20. The van der Waals surface area contributed by atoms with Crippen LogP contribution in [0.3, 0.4) is 0 Å². The van der Waals surface area contributed by atoms with Crippen molar-refractivity contribution in [1.82, 2.24) is 0 Å². The second-order valence-corrected chi connectivity index (χ2v) is 4.16. The molecule has 0 aromatic carbocycles. The summed E-state index contributed by atoms with van der Waals surface area (Å²) >= 11 is 0. The highest BCUT2D eigenvalue weighted by molar-refractivity contribution is 4.77. The van der Waals surface area contributed by atoms with Gasteiger partial charge in [-0.15, -0.1) is 0 Å². The quantitative estimate of drug-likeness (QED) is 0.246. The molecule has 0 heterocycles. The van der Waals surface area contributed by atoms with Crippen LogP contribution in [0.5, 0.6) is 0 Å². The molecule has 0 fully saturated rings. The Kier molecular flexibility index (Phi) is 8.61. The fraction of sp³-hybridized carbons (Fsp3) is 1.00. The third-order valence-corrected chi connectivity index (χ3v) is 2.58. The first-order chi connectivity index (χ1) is 8.07. The Labute approximate surface area is 99.9 Å². The number of aliphatic hydroxyl groups excluding tert-OH is 6. The van der Waals surface area contributed by atoms with E-state index < -0.39 is 44.1 Å². The van der Waals surface area contributed by atoms with Crippen molar-refractivity contribution in [2.24, 2.45) is 5.41 Å². The molecule has 0 rings (SSSR count). The number of aliphatic hydroxyl groups is 6. The molecule has 0 aliphatic rings. The van der Waals surface area contributed by atoms with Gasteiger partial charge in [0.15, 0.2) is 0 Å². The van der Waals surface area contributed by atoms with Gasteiger partial charge in [0.2, 0.25) is 0 Å². The molecule has 17 heavy (non-hydrogen) atoms. The summed E-state index contributed by atoms with van der Waals surface area (Å²) in [7, 11) is 0. The molecule has 7 heteroatoms. The summed E-state index contributed by atoms with van der Waals surface area (Å²) in [6.07, 6.45) is -1.69. The molecule has 0 bridgehead atoms. The molecule has 0 radical (unpaired) electrons. The summed E-state index contributed by atoms with van der Waals surface area (Å²) in [6, 6.07) is 0. The van der Waals surface area contributed by atoms with E-state index in [2.05, 4.69) is 0 Å². The van der Waals surface area contributed by atoms with Crippen LogP contribution < -0.4 is 0 Å². The van der Waals surface area contributed by atoms with E-state index in [-0.39, 0.29) is 19.6 Å². The van der Waals surface area contributed by atoms with Crippen LogP contribution in [0.1, 0.15) is 6.42 Å². The van der Waals surface area contributed by atoms with Gasteiger partial charge in [-0.1, -0.05) is 0 Å². The minimum atomic E-state index is -1.17. The number of hydrogen-bond acceptors (Lipinski definition) is 7. The highest BCUT2D eigenvalue weighted by atomic mass is 16.5. The SMILES string of the molecule is OCC(O)CC(CO)OCC(CO)(CO)CO. The second kappa shape index (κ2) is 8.76. The molecule has 0 aromatic rings. The average Bonchev–Trinajstić information content (AvgIpc) is 2.39. The van der Waals surface area contributed by atoms with E-state index in [1.165, 1.54) is 0 Å². The van der Waals surface area contributed by atoms with Gasteiger partial charge in [0, 0.05) is 6.42 Å². The zero-order chi connectivity index (χ0) is 13.3. The number of rotatable bonds is 10. The molecule has 0 aromatic heterocycles. The van der Waals surface area contributed by atoms with E-state index in [9.17, 15) is 5.11 Å². The van der Waals surface area contributed by atoms with Gasteiger partial charge in [-0.2, -0.15) is 0 Å². The van der Waals surface area contributed by atoms with E-state index in [0.717, 1.165) is 0 Å². The van der Waals surface area contributed by atoms with E-state index in [4.69, 9.17) is 30.3 Å². The van der Waals surface area contributed by atoms with Crippen LogP contribution in [0.4, 0.5) is 0 Å². The van der Waals surface area contributed by atoms with E-state index >= 15 is 0 Å². The third kappa shape index (κ3) is 5.73. The highest BCUT2D eigenvalue weighted by Crippen LogP contribution is 2.17. The minimum absolute atomic E-state index is 0.0331. The molecular formula is C10H22O7. The number of ether oxygens (including phenoxy) is 1. The zero-order valence-corrected chi connectivity index (χ0v) is 9.70. The largest absolute Gasteiger partial charge is 0.396 e. The van der Waals surface area contributed by atoms with Crippen LogP contribution in [0.2, 0.25) is 0 Å². The van der Waals surface area contributed by atoms with Crippen molar-refractivity contribution >= 4 is 0 Å². The standard InChI is InChI=1S/C10H22O7/c11-2-8(16)1-9(3-12)17-7-10(4-13,5-14)6-15/h8-9,11-16H,1-7H2. The van der Waals surface area contributed by atoms with Crippen molar-refractivity contribution in [1.29, 1.82) is 0 Å². The Morgan fingerprint density at radius 3 is 1.76 bits per heavy atom. The molecular weight excluding hydrogens is 232 g/mol. The summed E-state index contributed by atoms with van der Waals surface area (Å²) in [5.41, 5.74) is -1.17. The van der Waals surface area contributed by atoms with E-state index in [0.29, 0.717) is 0 Å². The Bertz CT molecular complexity index is 175. The highest BCUT2D eigenvalue weighted by Gasteiger charge is 2.30. The van der Waals surface area contributed by atoms with E-state index in [1.54, 1.807) is 0 Å². The van der Waals surface area contributed by atoms with Gasteiger partial charge in [-0.3, -0.25) is 0 Å². The van der Waals surface area contributed by atoms with Crippen molar-refractivity contribution in [2.45, 2.75) is 18.6 Å². The third-order valence-electron chi connectivity index (χ3n) is 2.58. The van der Waals surface area contributed by atoms with Gasteiger partial charge in [0.05, 0.1) is 57.3 Å². The van der Waals surface area contributed by atoms with Crippen molar-refractivity contribution in [3.05, 3.63) is 0 Å². The maximum absolute atomic E-state index is 9.17. The Morgan fingerprint density at radius 1 is 0.882 bits per heavy atom. The molecule has 2 unspecified atom stereocenters. The molecule has 2 atom stereocenters.